The third-order valence-electron chi connectivity index (χ3n) is 9.67. The summed E-state index contributed by atoms with van der Waals surface area (Å²) in [6.45, 7) is 3.54. The molecule has 5 atom stereocenters. The van der Waals surface area contributed by atoms with E-state index in [9.17, 15) is 24.2 Å². The van der Waals surface area contributed by atoms with Crippen LogP contribution >= 0.6 is 0 Å². The fourth-order valence-electron chi connectivity index (χ4n) is 7.85. The highest BCUT2D eigenvalue weighted by molar-refractivity contribution is 5.93. The molecule has 7 heterocycles. The normalized spacial score (nSPS) is 34.2. The molecule has 4 fully saturated rings. The van der Waals surface area contributed by atoms with Crippen LogP contribution in [0, 0.1) is 12.7 Å². The summed E-state index contributed by atoms with van der Waals surface area (Å²) >= 11 is 0. The van der Waals surface area contributed by atoms with Crippen LogP contribution in [0.25, 0.3) is 22.3 Å². The number of aliphatic hydroxyl groups excluding tert-OH is 1. The first-order chi connectivity index (χ1) is 17.2. The number of pyridine rings is 2. The molecule has 0 radical (unpaired) electrons. The summed E-state index contributed by atoms with van der Waals surface area (Å²) in [5.41, 5.74) is 1.70. The predicted octanol–water partition coefficient (Wildman–Crippen LogP) is 1.95. The number of piperidine rings is 1. The highest BCUT2D eigenvalue weighted by atomic mass is 19.1. The Hall–Kier alpha value is -3.14. The van der Waals surface area contributed by atoms with Crippen LogP contribution in [0.3, 0.4) is 0 Å². The number of nitrogens with zero attached hydrogens (tertiary/aromatic N) is 3. The first kappa shape index (κ1) is 21.0. The molecule has 1 aliphatic carbocycles. The third kappa shape index (κ3) is 1.95. The van der Waals surface area contributed by atoms with Crippen LogP contribution in [0.5, 0.6) is 0 Å². The van der Waals surface area contributed by atoms with E-state index in [0.717, 1.165) is 29.4 Å². The summed E-state index contributed by atoms with van der Waals surface area (Å²) in [5.74, 6) is -1.12. The molecule has 9 heteroatoms. The molecular formula is C27H24FN3O5. The summed E-state index contributed by atoms with van der Waals surface area (Å²) in [6, 6.07) is 5.29. The fourth-order valence-corrected chi connectivity index (χ4v) is 7.85. The first-order valence-corrected chi connectivity index (χ1v) is 12.4. The number of aryl methyl sites for hydroxylation is 1. The van der Waals surface area contributed by atoms with Gasteiger partial charge in [-0.1, -0.05) is 6.92 Å². The maximum Gasteiger partial charge on any atom is 0.343 e. The quantitative estimate of drug-likeness (QED) is 0.335. The Morgan fingerprint density at radius 1 is 1.25 bits per heavy atom. The molecule has 2 bridgehead atoms. The third-order valence-corrected chi connectivity index (χ3v) is 9.67. The van der Waals surface area contributed by atoms with Crippen LogP contribution in [0.15, 0.2) is 23.0 Å². The molecular weight excluding hydrogens is 465 g/mol. The van der Waals surface area contributed by atoms with Crippen molar-refractivity contribution in [3.63, 3.8) is 0 Å². The highest BCUT2D eigenvalue weighted by Gasteiger charge is 2.97. The van der Waals surface area contributed by atoms with Crippen molar-refractivity contribution in [1.29, 1.82) is 0 Å². The van der Waals surface area contributed by atoms with E-state index in [1.165, 1.54) is 6.07 Å². The van der Waals surface area contributed by atoms with Gasteiger partial charge in [0.2, 0.25) is 0 Å². The predicted molar refractivity (Wildman–Crippen MR) is 126 cm³/mol. The molecule has 0 spiro atoms. The zero-order valence-corrected chi connectivity index (χ0v) is 19.9. The number of cyclic esters (lactones) is 1. The minimum Gasteiger partial charge on any atom is -0.458 e. The van der Waals surface area contributed by atoms with Gasteiger partial charge in [-0.25, -0.2) is 14.2 Å². The van der Waals surface area contributed by atoms with Gasteiger partial charge in [-0.05, 0) is 49.4 Å². The zero-order chi connectivity index (χ0) is 24.9. The van der Waals surface area contributed by atoms with Crippen LogP contribution in [-0.2, 0) is 33.8 Å². The summed E-state index contributed by atoms with van der Waals surface area (Å²) < 4.78 is 21.5. The van der Waals surface area contributed by atoms with Crippen LogP contribution in [-0.4, -0.2) is 48.8 Å². The molecule has 2 aromatic heterocycles. The van der Waals surface area contributed by atoms with E-state index in [-0.39, 0.29) is 59.8 Å². The Kier molecular flexibility index (Phi) is 3.52. The van der Waals surface area contributed by atoms with E-state index in [4.69, 9.17) is 9.72 Å². The lowest BCUT2D eigenvalue weighted by atomic mass is 9.82. The zero-order valence-electron chi connectivity index (χ0n) is 19.9. The minimum absolute atomic E-state index is 0.0481. The highest BCUT2D eigenvalue weighted by Crippen LogP contribution is 2.85. The van der Waals surface area contributed by atoms with Gasteiger partial charge in [0.15, 0.2) is 5.60 Å². The number of carbonyl (C=O) groups excluding carboxylic acids is 1. The smallest absolute Gasteiger partial charge is 0.343 e. The van der Waals surface area contributed by atoms with Gasteiger partial charge in [0.1, 0.15) is 12.4 Å². The SMILES string of the molecule is CC[C@@]1(O)C(=O)OCc2c1cc1n(c2=O)Cc2c-1nc1cc(F)c(C)cc1c2C12C3CCC1(CO)N32. The topological polar surface area (TPSA) is 105 Å². The van der Waals surface area contributed by atoms with Gasteiger partial charge in [0.25, 0.3) is 5.56 Å². The van der Waals surface area contributed by atoms with Crippen molar-refractivity contribution in [2.45, 2.75) is 69.0 Å². The summed E-state index contributed by atoms with van der Waals surface area (Å²) in [7, 11) is 0. The molecule has 0 amide bonds. The van der Waals surface area contributed by atoms with E-state index in [1.54, 1.807) is 24.5 Å². The average molecular weight is 490 g/mol. The van der Waals surface area contributed by atoms with Gasteiger partial charge in [-0.15, -0.1) is 0 Å². The summed E-state index contributed by atoms with van der Waals surface area (Å²) in [6.07, 6.45) is 1.95. The number of carbonyl (C=O) groups is 1. The number of aliphatic hydroxyl groups is 2. The van der Waals surface area contributed by atoms with Gasteiger partial charge in [-0.3, -0.25) is 9.69 Å². The molecule has 5 aliphatic heterocycles. The number of halogens is 1. The number of fused-ring (bicyclic) bond motifs is 6. The molecule has 6 aliphatic rings. The number of hydrogen-bond acceptors (Lipinski definition) is 7. The first-order valence-electron chi connectivity index (χ1n) is 12.4. The van der Waals surface area contributed by atoms with Crippen molar-refractivity contribution in [3.05, 3.63) is 62.2 Å². The Balaban J connectivity index is 1.44. The maximum absolute atomic E-state index is 14.7. The van der Waals surface area contributed by atoms with Gasteiger partial charge in [0.05, 0.1) is 46.7 Å². The maximum atomic E-state index is 14.7. The molecule has 184 valence electrons. The van der Waals surface area contributed by atoms with E-state index in [0.29, 0.717) is 28.5 Å². The minimum atomic E-state index is -1.91. The molecule has 3 aromatic rings. The van der Waals surface area contributed by atoms with E-state index < -0.39 is 11.6 Å². The summed E-state index contributed by atoms with van der Waals surface area (Å²) in [4.78, 5) is 33.3. The second-order valence-corrected chi connectivity index (χ2v) is 10.9. The van der Waals surface area contributed by atoms with Crippen LogP contribution < -0.4 is 5.56 Å². The van der Waals surface area contributed by atoms with E-state index in [1.807, 2.05) is 6.07 Å². The van der Waals surface area contributed by atoms with Crippen LogP contribution in [0.1, 0.15) is 54.0 Å². The lowest BCUT2D eigenvalue weighted by molar-refractivity contribution is -0.172. The summed E-state index contributed by atoms with van der Waals surface area (Å²) in [5, 5.41) is 22.4. The largest absolute Gasteiger partial charge is 0.458 e. The van der Waals surface area contributed by atoms with Gasteiger partial charge in [-0.2, -0.15) is 0 Å². The van der Waals surface area contributed by atoms with Crippen molar-refractivity contribution < 1.29 is 24.1 Å². The second kappa shape index (κ2) is 6.04. The van der Waals surface area contributed by atoms with Crippen molar-refractivity contribution in [2.24, 2.45) is 0 Å². The Morgan fingerprint density at radius 2 is 2.06 bits per heavy atom. The number of ether oxygens (including phenoxy) is 1. The lowest BCUT2D eigenvalue weighted by Gasteiger charge is -2.31. The monoisotopic (exact) mass is 489 g/mol. The molecule has 8 nitrogen and oxygen atoms in total. The fraction of sp³-hybridized carbons (Fsp3) is 0.444. The van der Waals surface area contributed by atoms with E-state index in [2.05, 4.69) is 4.90 Å². The average Bonchev–Trinajstić information content (AvgIpc) is 3.42. The number of aromatic nitrogens is 2. The van der Waals surface area contributed by atoms with Gasteiger partial charge in [0, 0.05) is 28.6 Å². The molecule has 3 saturated heterocycles. The molecule has 36 heavy (non-hydrogen) atoms. The van der Waals surface area contributed by atoms with Crippen LogP contribution in [0.4, 0.5) is 4.39 Å². The second-order valence-electron chi connectivity index (χ2n) is 10.9. The lowest BCUT2D eigenvalue weighted by Crippen LogP contribution is -2.44. The number of rotatable bonds is 3. The molecule has 4 unspecified atom stereocenters. The molecule has 2 N–H and O–H groups in total. The van der Waals surface area contributed by atoms with Crippen molar-refractivity contribution >= 4 is 16.9 Å². The van der Waals surface area contributed by atoms with Crippen molar-refractivity contribution in [2.75, 3.05) is 6.61 Å². The number of benzene rings is 1. The number of esters is 1. The van der Waals surface area contributed by atoms with Gasteiger partial charge >= 0.3 is 5.97 Å². The molecule has 1 saturated carbocycles. The van der Waals surface area contributed by atoms with Crippen molar-refractivity contribution in [3.8, 4) is 11.4 Å². The van der Waals surface area contributed by atoms with Gasteiger partial charge < -0.3 is 19.5 Å². The number of hydrogen-bond donors (Lipinski definition) is 2. The van der Waals surface area contributed by atoms with E-state index >= 15 is 0 Å². The molecule has 9 rings (SSSR count). The molecule has 1 aromatic carbocycles. The van der Waals surface area contributed by atoms with Crippen molar-refractivity contribution in [1.82, 2.24) is 14.5 Å². The standard InChI is InChI=1S/C27H24FN3O5/c1-3-26(35)16-7-19-22-14(9-30(19)23(33)15(16)10-36-24(26)34)21(13-6-12(2)17(28)8-18(13)29-22)27-20-4-5-25(27,11-32)31(20)27/h6-8,20,32,35H,3-5,9-11H2,1-2H3/t20?,25?,26-,27?,31?/m0/s1. The van der Waals surface area contributed by atoms with Crippen LogP contribution in [0.2, 0.25) is 0 Å². The Morgan fingerprint density at radius 3 is 2.78 bits per heavy atom. The Bertz CT molecular complexity index is 1670. The Labute approximate surface area is 204 Å².